The van der Waals surface area contributed by atoms with E-state index >= 15 is 0 Å². The Morgan fingerprint density at radius 1 is 1.16 bits per heavy atom. The number of thiophene rings is 1. The Morgan fingerprint density at radius 3 is 2.56 bits per heavy atom. The van der Waals surface area contributed by atoms with Crippen LogP contribution in [0.25, 0.3) is 5.76 Å². The van der Waals surface area contributed by atoms with Crippen LogP contribution in [0.2, 0.25) is 0 Å². The summed E-state index contributed by atoms with van der Waals surface area (Å²) in [4.78, 5) is 32.4. The van der Waals surface area contributed by atoms with Crippen LogP contribution < -0.4 is 4.74 Å². The lowest BCUT2D eigenvalue weighted by molar-refractivity contribution is -0.140. The molecule has 1 aromatic carbocycles. The van der Waals surface area contributed by atoms with E-state index in [0.29, 0.717) is 23.8 Å². The topological polar surface area (TPSA) is 79.7 Å². The van der Waals surface area contributed by atoms with Gasteiger partial charge < -0.3 is 14.7 Å². The van der Waals surface area contributed by atoms with Crippen LogP contribution in [-0.4, -0.2) is 33.3 Å². The molecule has 0 bridgehead atoms. The first-order chi connectivity index (χ1) is 15.5. The van der Waals surface area contributed by atoms with Crippen LogP contribution in [0.15, 0.2) is 71.9 Å². The minimum atomic E-state index is -0.690. The molecule has 4 rings (SSSR count). The fraction of sp³-hybridized carbons (Fsp3) is 0.240. The molecule has 1 aliphatic rings. The van der Waals surface area contributed by atoms with E-state index < -0.39 is 17.7 Å². The van der Waals surface area contributed by atoms with E-state index in [-0.39, 0.29) is 17.9 Å². The number of aromatic nitrogens is 1. The highest BCUT2D eigenvalue weighted by Gasteiger charge is 2.46. The summed E-state index contributed by atoms with van der Waals surface area (Å²) in [5, 5.41) is 13.0. The van der Waals surface area contributed by atoms with Crippen molar-refractivity contribution in [1.29, 1.82) is 0 Å². The number of rotatable bonds is 7. The molecule has 6 nitrogen and oxygen atoms in total. The third-order valence-corrected chi connectivity index (χ3v) is 6.06. The van der Waals surface area contributed by atoms with Gasteiger partial charge in [0.2, 0.25) is 0 Å². The van der Waals surface area contributed by atoms with Gasteiger partial charge in [-0.3, -0.25) is 14.6 Å². The molecule has 2 aromatic heterocycles. The maximum atomic E-state index is 13.0. The van der Waals surface area contributed by atoms with Crippen molar-refractivity contribution in [3.8, 4) is 5.75 Å². The third-order valence-electron chi connectivity index (χ3n) is 5.14. The zero-order valence-electron chi connectivity index (χ0n) is 17.9. The second kappa shape index (κ2) is 9.36. The standard InChI is InChI=1S/C25H24N2O4S/c1-16(2)15-31-19-9-7-18(8-10-19)23(28)21-22(20-6-4-12-32-20)27(25(30)24(21)29)14-17-5-3-11-26-13-17/h3-13,16,22,28H,14-15H2,1-2H3. The van der Waals surface area contributed by atoms with Crippen LogP contribution in [0.4, 0.5) is 0 Å². The van der Waals surface area contributed by atoms with Gasteiger partial charge in [-0.15, -0.1) is 11.3 Å². The molecule has 3 heterocycles. The monoisotopic (exact) mass is 448 g/mol. The van der Waals surface area contributed by atoms with Gasteiger partial charge in [0.25, 0.3) is 11.7 Å². The highest BCUT2D eigenvalue weighted by molar-refractivity contribution is 7.10. The molecule has 1 N–H and O–H groups in total. The van der Waals surface area contributed by atoms with Crippen molar-refractivity contribution in [1.82, 2.24) is 9.88 Å². The minimum Gasteiger partial charge on any atom is -0.507 e. The number of nitrogens with zero attached hydrogens (tertiary/aromatic N) is 2. The minimum absolute atomic E-state index is 0.0946. The summed E-state index contributed by atoms with van der Waals surface area (Å²) in [7, 11) is 0. The number of likely N-dealkylation sites (tertiary alicyclic amines) is 1. The van der Waals surface area contributed by atoms with Gasteiger partial charge >= 0.3 is 0 Å². The van der Waals surface area contributed by atoms with E-state index in [1.807, 2.05) is 23.6 Å². The lowest BCUT2D eigenvalue weighted by Gasteiger charge is -2.24. The van der Waals surface area contributed by atoms with Gasteiger partial charge in [0.15, 0.2) is 0 Å². The number of amides is 1. The van der Waals surface area contributed by atoms with E-state index in [0.717, 1.165) is 10.4 Å². The first-order valence-corrected chi connectivity index (χ1v) is 11.3. The molecule has 1 saturated heterocycles. The molecule has 1 unspecified atom stereocenters. The molecule has 0 saturated carbocycles. The number of ketones is 1. The lowest BCUT2D eigenvalue weighted by atomic mass is 9.99. The quantitative estimate of drug-likeness (QED) is 0.319. The molecule has 3 aromatic rings. The number of aliphatic hydroxyl groups is 1. The summed E-state index contributed by atoms with van der Waals surface area (Å²) in [5.41, 5.74) is 1.36. The number of hydrogen-bond donors (Lipinski definition) is 1. The molecule has 0 aliphatic carbocycles. The Balaban J connectivity index is 1.71. The molecule has 1 fully saturated rings. The fourth-order valence-electron chi connectivity index (χ4n) is 3.60. The van der Waals surface area contributed by atoms with Crippen molar-refractivity contribution >= 4 is 28.8 Å². The summed E-state index contributed by atoms with van der Waals surface area (Å²) in [6.07, 6.45) is 3.32. The maximum Gasteiger partial charge on any atom is 0.295 e. The van der Waals surface area contributed by atoms with E-state index in [1.54, 1.807) is 42.7 Å². The van der Waals surface area contributed by atoms with Gasteiger partial charge in [0.1, 0.15) is 11.5 Å². The number of aliphatic hydroxyl groups excluding tert-OH is 1. The number of hydrogen-bond acceptors (Lipinski definition) is 6. The molecule has 1 aliphatic heterocycles. The third kappa shape index (κ3) is 4.43. The van der Waals surface area contributed by atoms with Gasteiger partial charge in [0.05, 0.1) is 18.2 Å². The van der Waals surface area contributed by atoms with Crippen LogP contribution in [0.5, 0.6) is 5.75 Å². The number of benzene rings is 1. The van der Waals surface area contributed by atoms with Crippen molar-refractivity contribution < 1.29 is 19.4 Å². The van der Waals surface area contributed by atoms with Gasteiger partial charge in [-0.25, -0.2) is 0 Å². The Hall–Kier alpha value is -3.45. The lowest BCUT2D eigenvalue weighted by Crippen LogP contribution is -2.28. The van der Waals surface area contributed by atoms with Gasteiger partial charge in [0, 0.05) is 29.4 Å². The van der Waals surface area contributed by atoms with Crippen molar-refractivity contribution in [3.63, 3.8) is 0 Å². The second-order valence-electron chi connectivity index (χ2n) is 8.03. The fourth-order valence-corrected chi connectivity index (χ4v) is 4.45. The molecular formula is C25H24N2O4S. The number of carbonyl (C=O) groups excluding carboxylic acids is 2. The smallest absolute Gasteiger partial charge is 0.295 e. The first kappa shape index (κ1) is 21.8. The van der Waals surface area contributed by atoms with Crippen LogP contribution in [0.1, 0.15) is 35.9 Å². The van der Waals surface area contributed by atoms with Gasteiger partial charge in [-0.1, -0.05) is 26.0 Å². The van der Waals surface area contributed by atoms with Crippen LogP contribution >= 0.6 is 11.3 Å². The molecule has 1 atom stereocenters. The Labute approximate surface area is 190 Å². The van der Waals surface area contributed by atoms with Crippen LogP contribution in [0, 0.1) is 5.92 Å². The summed E-state index contributed by atoms with van der Waals surface area (Å²) >= 11 is 1.44. The maximum absolute atomic E-state index is 13.0. The predicted octanol–water partition coefficient (Wildman–Crippen LogP) is 4.80. The molecule has 32 heavy (non-hydrogen) atoms. The predicted molar refractivity (Wildman–Crippen MR) is 123 cm³/mol. The number of ether oxygens (including phenoxy) is 1. The Kier molecular flexibility index (Phi) is 6.37. The average molecular weight is 449 g/mol. The SMILES string of the molecule is CC(C)COc1ccc(C(O)=C2C(=O)C(=O)N(Cc3cccnc3)C2c2cccs2)cc1. The average Bonchev–Trinajstić information content (AvgIpc) is 3.41. The summed E-state index contributed by atoms with van der Waals surface area (Å²) < 4.78 is 5.70. The molecule has 0 spiro atoms. The van der Waals surface area contributed by atoms with Gasteiger partial charge in [-0.2, -0.15) is 0 Å². The van der Waals surface area contributed by atoms with E-state index in [4.69, 9.17) is 4.74 Å². The normalized spacial score (nSPS) is 17.8. The molecule has 164 valence electrons. The zero-order chi connectivity index (χ0) is 22.7. The molecular weight excluding hydrogens is 424 g/mol. The summed E-state index contributed by atoms with van der Waals surface area (Å²) in [6.45, 7) is 4.94. The van der Waals surface area contributed by atoms with Crippen molar-refractivity contribution in [3.05, 3.63) is 87.9 Å². The van der Waals surface area contributed by atoms with Crippen molar-refractivity contribution in [2.75, 3.05) is 6.61 Å². The number of pyridine rings is 1. The largest absolute Gasteiger partial charge is 0.507 e. The van der Waals surface area contributed by atoms with Gasteiger partial charge in [-0.05, 0) is 53.3 Å². The van der Waals surface area contributed by atoms with Crippen LogP contribution in [0.3, 0.4) is 0 Å². The van der Waals surface area contributed by atoms with E-state index in [9.17, 15) is 14.7 Å². The van der Waals surface area contributed by atoms with Crippen molar-refractivity contribution in [2.24, 2.45) is 5.92 Å². The molecule has 1 amide bonds. The number of Topliss-reactive ketones (excluding diaryl/α,β-unsaturated/α-hetero) is 1. The number of carbonyl (C=O) groups is 2. The highest BCUT2D eigenvalue weighted by atomic mass is 32.1. The summed E-state index contributed by atoms with van der Waals surface area (Å²) in [6, 6.07) is 13.6. The van der Waals surface area contributed by atoms with E-state index in [2.05, 4.69) is 18.8 Å². The Morgan fingerprint density at radius 2 is 1.94 bits per heavy atom. The molecule has 7 heteroatoms. The first-order valence-electron chi connectivity index (χ1n) is 10.4. The van der Waals surface area contributed by atoms with E-state index in [1.165, 1.54) is 16.2 Å². The van der Waals surface area contributed by atoms with Crippen LogP contribution in [-0.2, 0) is 16.1 Å². The van der Waals surface area contributed by atoms with Crippen molar-refractivity contribution in [2.45, 2.75) is 26.4 Å². The highest BCUT2D eigenvalue weighted by Crippen LogP contribution is 2.41. The second-order valence-corrected chi connectivity index (χ2v) is 9.01. The Bertz CT molecular complexity index is 1120. The molecule has 0 radical (unpaired) electrons. The zero-order valence-corrected chi connectivity index (χ0v) is 18.7. The summed E-state index contributed by atoms with van der Waals surface area (Å²) in [5.74, 6) is -0.437.